The molecule has 0 saturated heterocycles. The Morgan fingerprint density at radius 3 is 2.62 bits per heavy atom. The molecule has 1 aliphatic rings. The van der Waals surface area contributed by atoms with Gasteiger partial charge in [0.05, 0.1) is 11.4 Å². The van der Waals surface area contributed by atoms with Crippen LogP contribution in [0.3, 0.4) is 0 Å². The van der Waals surface area contributed by atoms with Crippen LogP contribution in [0.2, 0.25) is 0 Å². The summed E-state index contributed by atoms with van der Waals surface area (Å²) in [5.74, 6) is 0. The molecule has 1 aromatic rings. The molecule has 1 fully saturated rings. The molecule has 0 atom stereocenters. The van der Waals surface area contributed by atoms with Gasteiger partial charge in [-0.05, 0) is 38.1 Å². The highest BCUT2D eigenvalue weighted by molar-refractivity contribution is 5.14. The molecule has 0 aromatic carbocycles. The average Bonchev–Trinajstić information content (AvgIpc) is 2.90. The van der Waals surface area contributed by atoms with Gasteiger partial charge < -0.3 is 5.73 Å². The fourth-order valence-corrected chi connectivity index (χ4v) is 1.59. The van der Waals surface area contributed by atoms with Crippen molar-refractivity contribution in [3.8, 4) is 0 Å². The Labute approximate surface area is 78.4 Å². The highest BCUT2D eigenvalue weighted by Gasteiger charge is 2.41. The lowest BCUT2D eigenvalue weighted by atomic mass is 9.99. The van der Waals surface area contributed by atoms with Gasteiger partial charge in [-0.25, -0.2) is 0 Å². The second-order valence-corrected chi connectivity index (χ2v) is 3.97. The molecule has 70 valence electrons. The summed E-state index contributed by atoms with van der Waals surface area (Å²) in [6.07, 6.45) is 7.00. The minimum atomic E-state index is 0.362. The van der Waals surface area contributed by atoms with Crippen LogP contribution < -0.4 is 5.73 Å². The monoisotopic (exact) mass is 177 g/mol. The summed E-state index contributed by atoms with van der Waals surface area (Å²) < 4.78 is 0. The van der Waals surface area contributed by atoms with Crippen LogP contribution in [-0.2, 0) is 6.42 Å². The molecule has 1 aromatic heterocycles. The second-order valence-electron chi connectivity index (χ2n) is 3.97. The van der Waals surface area contributed by atoms with Crippen LogP contribution in [0, 0.1) is 12.3 Å². The summed E-state index contributed by atoms with van der Waals surface area (Å²) >= 11 is 0. The molecule has 3 heteroatoms. The topological polar surface area (TPSA) is 51.8 Å². The van der Waals surface area contributed by atoms with E-state index in [1.807, 2.05) is 6.92 Å². The zero-order valence-electron chi connectivity index (χ0n) is 7.95. The van der Waals surface area contributed by atoms with E-state index in [-0.39, 0.29) is 0 Å². The molecular weight excluding hydrogens is 162 g/mol. The van der Waals surface area contributed by atoms with E-state index in [2.05, 4.69) is 9.97 Å². The smallest absolute Gasteiger partial charge is 0.0621 e. The lowest BCUT2D eigenvalue weighted by molar-refractivity contribution is 0.511. The van der Waals surface area contributed by atoms with Crippen LogP contribution in [0.5, 0.6) is 0 Å². The Balaban J connectivity index is 2.14. The van der Waals surface area contributed by atoms with Crippen molar-refractivity contribution in [2.45, 2.75) is 26.2 Å². The number of aryl methyl sites for hydroxylation is 1. The molecule has 0 unspecified atom stereocenters. The first-order valence-corrected chi connectivity index (χ1v) is 4.72. The van der Waals surface area contributed by atoms with Crippen molar-refractivity contribution in [1.82, 2.24) is 9.97 Å². The van der Waals surface area contributed by atoms with Crippen molar-refractivity contribution in [1.29, 1.82) is 0 Å². The van der Waals surface area contributed by atoms with E-state index >= 15 is 0 Å². The van der Waals surface area contributed by atoms with E-state index in [1.54, 1.807) is 12.4 Å². The first-order valence-electron chi connectivity index (χ1n) is 4.72. The van der Waals surface area contributed by atoms with E-state index in [9.17, 15) is 0 Å². The van der Waals surface area contributed by atoms with E-state index in [0.29, 0.717) is 5.41 Å². The number of hydrogen-bond acceptors (Lipinski definition) is 3. The molecule has 2 rings (SSSR count). The SMILES string of the molecule is Cc1nccnc1CC1(CN)CC1. The first kappa shape index (κ1) is 8.63. The molecule has 0 amide bonds. The Bertz CT molecular complexity index is 305. The van der Waals surface area contributed by atoms with Crippen molar-refractivity contribution in [3.63, 3.8) is 0 Å². The summed E-state index contributed by atoms with van der Waals surface area (Å²) in [7, 11) is 0. The molecule has 0 aliphatic heterocycles. The van der Waals surface area contributed by atoms with Crippen LogP contribution in [-0.4, -0.2) is 16.5 Å². The van der Waals surface area contributed by atoms with Gasteiger partial charge in [0, 0.05) is 12.4 Å². The Kier molecular flexibility index (Phi) is 2.04. The van der Waals surface area contributed by atoms with Crippen molar-refractivity contribution in [2.75, 3.05) is 6.54 Å². The van der Waals surface area contributed by atoms with E-state index in [0.717, 1.165) is 24.4 Å². The summed E-state index contributed by atoms with van der Waals surface area (Å²) in [6, 6.07) is 0. The van der Waals surface area contributed by atoms with Crippen molar-refractivity contribution in [3.05, 3.63) is 23.8 Å². The third-order valence-corrected chi connectivity index (χ3v) is 2.92. The third kappa shape index (κ3) is 1.70. The van der Waals surface area contributed by atoms with Crippen LogP contribution in [0.4, 0.5) is 0 Å². The average molecular weight is 177 g/mol. The summed E-state index contributed by atoms with van der Waals surface area (Å²) in [5, 5.41) is 0. The van der Waals surface area contributed by atoms with Gasteiger partial charge in [0.2, 0.25) is 0 Å². The van der Waals surface area contributed by atoms with Gasteiger partial charge in [-0.15, -0.1) is 0 Å². The lowest BCUT2D eigenvalue weighted by Crippen LogP contribution is -2.19. The lowest BCUT2D eigenvalue weighted by Gasteiger charge is -2.11. The summed E-state index contributed by atoms with van der Waals surface area (Å²) in [5.41, 5.74) is 8.24. The highest BCUT2D eigenvalue weighted by Crippen LogP contribution is 2.47. The molecule has 13 heavy (non-hydrogen) atoms. The van der Waals surface area contributed by atoms with Gasteiger partial charge in [-0.1, -0.05) is 0 Å². The van der Waals surface area contributed by atoms with Crippen molar-refractivity contribution < 1.29 is 0 Å². The fourth-order valence-electron chi connectivity index (χ4n) is 1.59. The molecule has 0 bridgehead atoms. The third-order valence-electron chi connectivity index (χ3n) is 2.92. The molecule has 0 radical (unpaired) electrons. The fraction of sp³-hybridized carbons (Fsp3) is 0.600. The summed E-state index contributed by atoms with van der Waals surface area (Å²) in [6.45, 7) is 2.79. The summed E-state index contributed by atoms with van der Waals surface area (Å²) in [4.78, 5) is 8.56. The second kappa shape index (κ2) is 3.07. The van der Waals surface area contributed by atoms with E-state index < -0.39 is 0 Å². The van der Waals surface area contributed by atoms with Crippen molar-refractivity contribution in [2.24, 2.45) is 11.1 Å². The number of nitrogens with zero attached hydrogens (tertiary/aromatic N) is 2. The quantitative estimate of drug-likeness (QED) is 0.751. The van der Waals surface area contributed by atoms with Crippen LogP contribution in [0.1, 0.15) is 24.2 Å². The number of hydrogen-bond donors (Lipinski definition) is 1. The molecule has 1 heterocycles. The largest absolute Gasteiger partial charge is 0.330 e. The standard InChI is InChI=1S/C10H15N3/c1-8-9(13-5-4-12-8)6-10(7-11)2-3-10/h4-5H,2-3,6-7,11H2,1H3. The number of rotatable bonds is 3. The Morgan fingerprint density at radius 1 is 1.38 bits per heavy atom. The van der Waals surface area contributed by atoms with Gasteiger partial charge in [-0.2, -0.15) is 0 Å². The predicted molar refractivity (Wildman–Crippen MR) is 51.2 cm³/mol. The van der Waals surface area contributed by atoms with Gasteiger partial charge in [0.1, 0.15) is 0 Å². The zero-order valence-corrected chi connectivity index (χ0v) is 7.95. The Hall–Kier alpha value is -0.960. The normalized spacial score (nSPS) is 18.6. The van der Waals surface area contributed by atoms with Crippen LogP contribution in [0.25, 0.3) is 0 Å². The number of nitrogens with two attached hydrogens (primary N) is 1. The van der Waals surface area contributed by atoms with Crippen LogP contribution >= 0.6 is 0 Å². The minimum absolute atomic E-state index is 0.362. The molecule has 1 saturated carbocycles. The molecule has 2 N–H and O–H groups in total. The van der Waals surface area contributed by atoms with Crippen LogP contribution in [0.15, 0.2) is 12.4 Å². The number of aromatic nitrogens is 2. The van der Waals surface area contributed by atoms with E-state index in [1.165, 1.54) is 12.8 Å². The van der Waals surface area contributed by atoms with Gasteiger partial charge in [0.15, 0.2) is 0 Å². The predicted octanol–water partition coefficient (Wildman–Crippen LogP) is 1.07. The molecule has 3 nitrogen and oxygen atoms in total. The zero-order chi connectivity index (χ0) is 9.31. The van der Waals surface area contributed by atoms with Crippen molar-refractivity contribution >= 4 is 0 Å². The highest BCUT2D eigenvalue weighted by atomic mass is 14.8. The molecule has 0 spiro atoms. The maximum Gasteiger partial charge on any atom is 0.0621 e. The minimum Gasteiger partial charge on any atom is -0.330 e. The van der Waals surface area contributed by atoms with E-state index in [4.69, 9.17) is 5.73 Å². The van der Waals surface area contributed by atoms with Gasteiger partial charge in [0.25, 0.3) is 0 Å². The molecule has 1 aliphatic carbocycles. The molecular formula is C10H15N3. The van der Waals surface area contributed by atoms with Gasteiger partial charge >= 0.3 is 0 Å². The maximum absolute atomic E-state index is 5.72. The Morgan fingerprint density at radius 2 is 2.08 bits per heavy atom. The maximum atomic E-state index is 5.72. The van der Waals surface area contributed by atoms with Gasteiger partial charge in [-0.3, -0.25) is 9.97 Å². The first-order chi connectivity index (χ1) is 6.26.